The van der Waals surface area contributed by atoms with Crippen molar-refractivity contribution in [1.29, 1.82) is 0 Å². The molecule has 112 valence electrons. The molecule has 1 atom stereocenters. The lowest BCUT2D eigenvalue weighted by molar-refractivity contribution is -0.0267. The lowest BCUT2D eigenvalue weighted by atomic mass is 10.2. The third-order valence-corrected chi connectivity index (χ3v) is 3.45. The maximum atomic E-state index is 12.3. The summed E-state index contributed by atoms with van der Waals surface area (Å²) < 4.78 is 10.7. The molecule has 1 saturated heterocycles. The SMILES string of the molecule is CCCc1nc(C2CN(C(=O)c3ccoc3)CCO2)n[nH]1. The molecule has 7 heteroatoms. The van der Waals surface area contributed by atoms with Crippen molar-refractivity contribution < 1.29 is 13.9 Å². The summed E-state index contributed by atoms with van der Waals surface area (Å²) in [6, 6.07) is 1.67. The van der Waals surface area contributed by atoms with E-state index >= 15 is 0 Å². The third kappa shape index (κ3) is 2.97. The van der Waals surface area contributed by atoms with E-state index in [1.165, 1.54) is 12.5 Å². The van der Waals surface area contributed by atoms with Crippen LogP contribution in [0.4, 0.5) is 0 Å². The molecule has 7 nitrogen and oxygen atoms in total. The van der Waals surface area contributed by atoms with Crippen LogP contribution in [0.2, 0.25) is 0 Å². The Kier molecular flexibility index (Phi) is 4.01. The average molecular weight is 290 g/mol. The molecule has 1 aliphatic heterocycles. The normalized spacial score (nSPS) is 18.9. The summed E-state index contributed by atoms with van der Waals surface area (Å²) in [7, 11) is 0. The summed E-state index contributed by atoms with van der Waals surface area (Å²) in [5.74, 6) is 1.42. The highest BCUT2D eigenvalue weighted by Crippen LogP contribution is 2.21. The van der Waals surface area contributed by atoms with Gasteiger partial charge in [0.15, 0.2) is 5.82 Å². The van der Waals surface area contributed by atoms with E-state index < -0.39 is 0 Å². The molecule has 1 fully saturated rings. The summed E-state index contributed by atoms with van der Waals surface area (Å²) in [6.45, 7) is 3.58. The minimum atomic E-state index is -0.281. The van der Waals surface area contributed by atoms with Crippen molar-refractivity contribution in [3.63, 3.8) is 0 Å². The molecular weight excluding hydrogens is 272 g/mol. The molecule has 0 radical (unpaired) electrons. The fourth-order valence-corrected chi connectivity index (χ4v) is 2.36. The van der Waals surface area contributed by atoms with Gasteiger partial charge in [-0.1, -0.05) is 6.92 Å². The van der Waals surface area contributed by atoms with Gasteiger partial charge < -0.3 is 14.1 Å². The summed E-state index contributed by atoms with van der Waals surface area (Å²) in [5.41, 5.74) is 0.553. The largest absolute Gasteiger partial charge is 0.472 e. The number of hydrogen-bond acceptors (Lipinski definition) is 5. The van der Waals surface area contributed by atoms with Crippen LogP contribution in [0.25, 0.3) is 0 Å². The second-order valence-electron chi connectivity index (χ2n) is 5.01. The second kappa shape index (κ2) is 6.09. The molecular formula is C14H18N4O3. The quantitative estimate of drug-likeness (QED) is 0.923. The fraction of sp³-hybridized carbons (Fsp3) is 0.500. The minimum absolute atomic E-state index is 0.0543. The van der Waals surface area contributed by atoms with E-state index in [4.69, 9.17) is 9.15 Å². The number of ether oxygens (including phenoxy) is 1. The van der Waals surface area contributed by atoms with Gasteiger partial charge in [-0.15, -0.1) is 0 Å². The van der Waals surface area contributed by atoms with Crippen molar-refractivity contribution in [2.75, 3.05) is 19.7 Å². The molecule has 2 aromatic heterocycles. The van der Waals surface area contributed by atoms with Crippen LogP contribution in [0.5, 0.6) is 0 Å². The lowest BCUT2D eigenvalue weighted by Crippen LogP contribution is -2.42. The van der Waals surface area contributed by atoms with Gasteiger partial charge >= 0.3 is 0 Å². The van der Waals surface area contributed by atoms with Crippen molar-refractivity contribution in [3.05, 3.63) is 35.8 Å². The van der Waals surface area contributed by atoms with Gasteiger partial charge in [0.1, 0.15) is 18.2 Å². The molecule has 0 saturated carbocycles. The van der Waals surface area contributed by atoms with Crippen LogP contribution in [0, 0.1) is 0 Å². The predicted molar refractivity (Wildman–Crippen MR) is 73.7 cm³/mol. The zero-order valence-electron chi connectivity index (χ0n) is 11.9. The second-order valence-corrected chi connectivity index (χ2v) is 5.01. The molecule has 1 unspecified atom stereocenters. The Morgan fingerprint density at radius 3 is 3.24 bits per heavy atom. The number of hydrogen-bond donors (Lipinski definition) is 1. The Labute approximate surface area is 122 Å². The van der Waals surface area contributed by atoms with Crippen molar-refractivity contribution >= 4 is 5.91 Å². The number of morpholine rings is 1. The number of amides is 1. The third-order valence-electron chi connectivity index (χ3n) is 3.45. The Balaban J connectivity index is 1.69. The number of aromatic amines is 1. The summed E-state index contributed by atoms with van der Waals surface area (Å²) in [5, 5.41) is 7.11. The highest BCUT2D eigenvalue weighted by Gasteiger charge is 2.28. The maximum absolute atomic E-state index is 12.3. The number of nitrogens with zero attached hydrogens (tertiary/aromatic N) is 3. The zero-order chi connectivity index (χ0) is 14.7. The van der Waals surface area contributed by atoms with E-state index in [0.29, 0.717) is 31.1 Å². The van der Waals surface area contributed by atoms with Gasteiger partial charge in [-0.3, -0.25) is 9.89 Å². The first kappa shape index (κ1) is 13.8. The van der Waals surface area contributed by atoms with E-state index in [1.54, 1.807) is 11.0 Å². The number of furan rings is 1. The first-order valence-electron chi connectivity index (χ1n) is 7.12. The highest BCUT2D eigenvalue weighted by atomic mass is 16.5. The minimum Gasteiger partial charge on any atom is -0.472 e. The van der Waals surface area contributed by atoms with Crippen LogP contribution >= 0.6 is 0 Å². The molecule has 0 aliphatic carbocycles. The van der Waals surface area contributed by atoms with E-state index in [0.717, 1.165) is 18.7 Å². The van der Waals surface area contributed by atoms with Gasteiger partial charge in [0, 0.05) is 13.0 Å². The van der Waals surface area contributed by atoms with Crippen molar-refractivity contribution in [2.24, 2.45) is 0 Å². The van der Waals surface area contributed by atoms with Gasteiger partial charge in [-0.2, -0.15) is 5.10 Å². The first-order valence-corrected chi connectivity index (χ1v) is 7.12. The van der Waals surface area contributed by atoms with Crippen molar-refractivity contribution in [1.82, 2.24) is 20.1 Å². The Morgan fingerprint density at radius 2 is 2.48 bits per heavy atom. The van der Waals surface area contributed by atoms with Crippen LogP contribution in [0.15, 0.2) is 23.0 Å². The Hall–Kier alpha value is -2.15. The molecule has 1 amide bonds. The number of aryl methyl sites for hydroxylation is 1. The van der Waals surface area contributed by atoms with Gasteiger partial charge in [0.2, 0.25) is 0 Å². The molecule has 0 spiro atoms. The number of carbonyl (C=O) groups is 1. The van der Waals surface area contributed by atoms with E-state index in [2.05, 4.69) is 22.1 Å². The van der Waals surface area contributed by atoms with Gasteiger partial charge in [-0.25, -0.2) is 4.98 Å². The summed E-state index contributed by atoms with van der Waals surface area (Å²) in [6.07, 6.45) is 4.54. The molecule has 0 aromatic carbocycles. The molecule has 3 rings (SSSR count). The Bertz CT molecular complexity index is 593. The molecule has 1 N–H and O–H groups in total. The number of H-pyrrole nitrogens is 1. The number of aromatic nitrogens is 3. The number of nitrogens with one attached hydrogen (secondary N) is 1. The molecule has 0 bridgehead atoms. The highest BCUT2D eigenvalue weighted by molar-refractivity contribution is 5.93. The first-order chi connectivity index (χ1) is 10.3. The zero-order valence-corrected chi connectivity index (χ0v) is 11.9. The van der Waals surface area contributed by atoms with Crippen molar-refractivity contribution in [2.45, 2.75) is 25.9 Å². The van der Waals surface area contributed by atoms with Crippen LogP contribution < -0.4 is 0 Å². The average Bonchev–Trinajstić information content (AvgIpc) is 3.18. The molecule has 21 heavy (non-hydrogen) atoms. The summed E-state index contributed by atoms with van der Waals surface area (Å²) >= 11 is 0. The van der Waals surface area contributed by atoms with E-state index in [9.17, 15) is 4.79 Å². The fourth-order valence-electron chi connectivity index (χ4n) is 2.36. The lowest BCUT2D eigenvalue weighted by Gasteiger charge is -2.31. The van der Waals surface area contributed by atoms with Crippen LogP contribution in [-0.2, 0) is 11.2 Å². The van der Waals surface area contributed by atoms with Crippen LogP contribution in [0.1, 0.15) is 41.5 Å². The standard InChI is InChI=1S/C14H18N4O3/c1-2-3-12-15-13(17-16-12)11-8-18(5-7-21-11)14(19)10-4-6-20-9-10/h4,6,9,11H,2-3,5,7-8H2,1H3,(H,15,16,17). The molecule has 3 heterocycles. The topological polar surface area (TPSA) is 84.2 Å². The molecule has 2 aromatic rings. The van der Waals surface area contributed by atoms with E-state index in [1.807, 2.05) is 0 Å². The van der Waals surface area contributed by atoms with Crippen LogP contribution in [0.3, 0.4) is 0 Å². The summed E-state index contributed by atoms with van der Waals surface area (Å²) in [4.78, 5) is 18.5. The van der Waals surface area contributed by atoms with Gasteiger partial charge in [-0.05, 0) is 12.5 Å². The smallest absolute Gasteiger partial charge is 0.257 e. The Morgan fingerprint density at radius 1 is 1.57 bits per heavy atom. The maximum Gasteiger partial charge on any atom is 0.257 e. The predicted octanol–water partition coefficient (Wildman–Crippen LogP) is 1.56. The van der Waals surface area contributed by atoms with Crippen LogP contribution in [-0.4, -0.2) is 45.7 Å². The van der Waals surface area contributed by atoms with Gasteiger partial charge in [0.25, 0.3) is 5.91 Å². The van der Waals surface area contributed by atoms with E-state index in [-0.39, 0.29) is 12.0 Å². The number of carbonyl (C=O) groups excluding carboxylic acids is 1. The number of rotatable bonds is 4. The molecule has 1 aliphatic rings. The van der Waals surface area contributed by atoms with Crippen molar-refractivity contribution in [3.8, 4) is 0 Å². The van der Waals surface area contributed by atoms with Gasteiger partial charge in [0.05, 0.1) is 25.0 Å². The monoisotopic (exact) mass is 290 g/mol.